The van der Waals surface area contributed by atoms with Crippen molar-refractivity contribution in [3.8, 4) is 0 Å². The van der Waals surface area contributed by atoms with Crippen molar-refractivity contribution < 1.29 is 9.90 Å². The van der Waals surface area contributed by atoms with Crippen molar-refractivity contribution in [2.75, 3.05) is 11.4 Å². The molecule has 2 saturated carbocycles. The predicted octanol–water partition coefficient (Wildman–Crippen LogP) is 3.07. The van der Waals surface area contributed by atoms with E-state index >= 15 is 0 Å². The summed E-state index contributed by atoms with van der Waals surface area (Å²) >= 11 is 0. The monoisotopic (exact) mass is 362 g/mol. The molecule has 5 atom stereocenters. The summed E-state index contributed by atoms with van der Waals surface area (Å²) in [5.41, 5.74) is 3.49. The van der Waals surface area contributed by atoms with Gasteiger partial charge in [-0.1, -0.05) is 48.5 Å². The van der Waals surface area contributed by atoms with Crippen molar-refractivity contribution in [2.24, 2.45) is 11.8 Å². The molecule has 1 heterocycles. The first-order chi connectivity index (χ1) is 13.2. The number of anilines is 1. The zero-order valence-corrected chi connectivity index (χ0v) is 15.4. The first-order valence-corrected chi connectivity index (χ1v) is 10.1. The van der Waals surface area contributed by atoms with Crippen LogP contribution in [-0.2, 0) is 11.2 Å². The lowest BCUT2D eigenvalue weighted by Gasteiger charge is -2.33. The van der Waals surface area contributed by atoms with Crippen molar-refractivity contribution in [1.82, 2.24) is 5.32 Å². The third-order valence-electron chi connectivity index (χ3n) is 6.70. The van der Waals surface area contributed by atoms with Gasteiger partial charge in [0.25, 0.3) is 0 Å². The second-order valence-corrected chi connectivity index (χ2v) is 8.30. The molecule has 2 bridgehead atoms. The third kappa shape index (κ3) is 2.92. The van der Waals surface area contributed by atoms with Gasteiger partial charge in [0.15, 0.2) is 0 Å². The molecule has 0 aromatic heterocycles. The molecule has 1 unspecified atom stereocenters. The van der Waals surface area contributed by atoms with Crippen LogP contribution in [0.1, 0.15) is 36.4 Å². The van der Waals surface area contributed by atoms with Gasteiger partial charge in [-0.3, -0.25) is 4.79 Å². The summed E-state index contributed by atoms with van der Waals surface area (Å²) in [5.74, 6) is 0.849. The number of amides is 1. The summed E-state index contributed by atoms with van der Waals surface area (Å²) in [4.78, 5) is 15.7. The molecule has 0 saturated heterocycles. The van der Waals surface area contributed by atoms with E-state index in [0.29, 0.717) is 5.92 Å². The number of hydrogen-bond acceptors (Lipinski definition) is 3. The maximum Gasteiger partial charge on any atom is 0.247 e. The summed E-state index contributed by atoms with van der Waals surface area (Å²) < 4.78 is 0. The molecule has 1 amide bonds. The van der Waals surface area contributed by atoms with Crippen LogP contribution in [0.4, 0.5) is 5.69 Å². The largest absolute Gasteiger partial charge is 0.393 e. The van der Waals surface area contributed by atoms with Gasteiger partial charge in [0.05, 0.1) is 6.10 Å². The fourth-order valence-electron chi connectivity index (χ4n) is 5.48. The van der Waals surface area contributed by atoms with E-state index in [1.165, 1.54) is 5.56 Å². The Balaban J connectivity index is 1.44. The van der Waals surface area contributed by atoms with E-state index in [2.05, 4.69) is 28.4 Å². The molecular formula is C23H26N2O2. The van der Waals surface area contributed by atoms with Gasteiger partial charge in [0.2, 0.25) is 5.91 Å². The Hall–Kier alpha value is -2.33. The van der Waals surface area contributed by atoms with Gasteiger partial charge in [-0.05, 0) is 48.8 Å². The second kappa shape index (κ2) is 6.68. The maximum atomic E-state index is 13.4. The van der Waals surface area contributed by atoms with E-state index in [1.54, 1.807) is 0 Å². The lowest BCUT2D eigenvalue weighted by atomic mass is 9.92. The molecule has 2 aliphatic carbocycles. The van der Waals surface area contributed by atoms with E-state index in [1.807, 2.05) is 36.4 Å². The van der Waals surface area contributed by atoms with Crippen LogP contribution in [0.2, 0.25) is 0 Å². The van der Waals surface area contributed by atoms with Gasteiger partial charge >= 0.3 is 0 Å². The first-order valence-electron chi connectivity index (χ1n) is 10.1. The molecular weight excluding hydrogens is 336 g/mol. The van der Waals surface area contributed by atoms with Crippen LogP contribution >= 0.6 is 0 Å². The van der Waals surface area contributed by atoms with Crippen molar-refractivity contribution >= 4 is 11.6 Å². The van der Waals surface area contributed by atoms with Crippen LogP contribution in [-0.4, -0.2) is 29.7 Å². The van der Waals surface area contributed by atoms with Crippen molar-refractivity contribution in [2.45, 2.75) is 43.9 Å². The minimum Gasteiger partial charge on any atom is -0.393 e. The second-order valence-electron chi connectivity index (χ2n) is 8.30. The highest BCUT2D eigenvalue weighted by molar-refractivity contribution is 5.87. The number of fused-ring (bicyclic) bond motifs is 3. The number of carbonyl (C=O) groups excluding carboxylic acids is 1. The summed E-state index contributed by atoms with van der Waals surface area (Å²) in [5, 5.41) is 13.5. The average molecular weight is 362 g/mol. The highest BCUT2D eigenvalue weighted by Gasteiger charge is 2.47. The van der Waals surface area contributed by atoms with Crippen LogP contribution in [0.5, 0.6) is 0 Å². The van der Waals surface area contributed by atoms with Crippen LogP contribution in [0, 0.1) is 11.8 Å². The Morgan fingerprint density at radius 1 is 1.04 bits per heavy atom. The predicted molar refractivity (Wildman–Crippen MR) is 105 cm³/mol. The van der Waals surface area contributed by atoms with E-state index in [-0.39, 0.29) is 30.0 Å². The Bertz CT molecular complexity index is 837. The standard InChI is InChI=1S/C23H26N2O2/c26-21-14-15-12-18(21)19(13-15)24-23(27)22(17-7-2-1-3-8-17)25-11-10-16-6-4-5-9-20(16)25/h1-9,15,18-19,21-22,26H,10-14H2,(H,24,27)/t15-,18+,19-,21+,22?/m0/s1. The van der Waals surface area contributed by atoms with Gasteiger partial charge in [-0.25, -0.2) is 0 Å². The number of nitrogens with zero attached hydrogens (tertiary/aromatic N) is 1. The number of carbonyl (C=O) groups is 1. The molecule has 1 aliphatic heterocycles. The van der Waals surface area contributed by atoms with Gasteiger partial charge in [0.1, 0.15) is 6.04 Å². The topological polar surface area (TPSA) is 52.6 Å². The normalized spacial score (nSPS) is 29.6. The van der Waals surface area contributed by atoms with Crippen LogP contribution < -0.4 is 10.2 Å². The maximum absolute atomic E-state index is 13.4. The van der Waals surface area contributed by atoms with Crippen molar-refractivity contribution in [3.05, 3.63) is 65.7 Å². The van der Waals surface area contributed by atoms with Gasteiger partial charge in [-0.15, -0.1) is 0 Å². The molecule has 140 valence electrons. The summed E-state index contributed by atoms with van der Waals surface area (Å²) in [7, 11) is 0. The number of benzene rings is 2. The summed E-state index contributed by atoms with van der Waals surface area (Å²) in [6.07, 6.45) is 3.68. The Labute approximate surface area is 160 Å². The van der Waals surface area contributed by atoms with E-state index in [0.717, 1.165) is 43.5 Å². The Morgan fingerprint density at radius 2 is 1.81 bits per heavy atom. The first kappa shape index (κ1) is 16.8. The fraction of sp³-hybridized carbons (Fsp3) is 0.435. The molecule has 0 spiro atoms. The zero-order valence-electron chi connectivity index (χ0n) is 15.4. The molecule has 2 aromatic carbocycles. The smallest absolute Gasteiger partial charge is 0.247 e. The van der Waals surface area contributed by atoms with Gasteiger partial charge in [0, 0.05) is 24.2 Å². The molecule has 4 heteroatoms. The molecule has 0 radical (unpaired) electrons. The van der Waals surface area contributed by atoms with Crippen LogP contribution in [0.15, 0.2) is 54.6 Å². The minimum absolute atomic E-state index is 0.0580. The Kier molecular flexibility index (Phi) is 4.16. The summed E-state index contributed by atoms with van der Waals surface area (Å²) in [6.45, 7) is 0.853. The van der Waals surface area contributed by atoms with Gasteiger partial charge < -0.3 is 15.3 Å². The number of nitrogens with one attached hydrogen (secondary N) is 1. The summed E-state index contributed by atoms with van der Waals surface area (Å²) in [6, 6.07) is 18.2. The SMILES string of the molecule is O=C(N[C@H]1C[C@@H]2C[C@H]1[C@H](O)C2)C(c1ccccc1)N1CCc2ccccc21. The zero-order chi connectivity index (χ0) is 18.4. The molecule has 3 aliphatic rings. The lowest BCUT2D eigenvalue weighted by molar-refractivity contribution is -0.123. The molecule has 27 heavy (non-hydrogen) atoms. The molecule has 5 rings (SSSR count). The fourth-order valence-corrected chi connectivity index (χ4v) is 5.48. The van der Waals surface area contributed by atoms with Crippen molar-refractivity contribution in [1.29, 1.82) is 0 Å². The molecule has 2 fully saturated rings. The van der Waals surface area contributed by atoms with Crippen molar-refractivity contribution in [3.63, 3.8) is 0 Å². The quantitative estimate of drug-likeness (QED) is 0.879. The molecule has 2 aromatic rings. The Morgan fingerprint density at radius 3 is 2.59 bits per heavy atom. The van der Waals surface area contributed by atoms with Gasteiger partial charge in [-0.2, -0.15) is 0 Å². The van der Waals surface area contributed by atoms with E-state index in [9.17, 15) is 9.90 Å². The number of hydrogen-bond donors (Lipinski definition) is 2. The third-order valence-corrected chi connectivity index (χ3v) is 6.70. The number of aliphatic hydroxyl groups is 1. The van der Waals surface area contributed by atoms with Crippen LogP contribution in [0.25, 0.3) is 0 Å². The van der Waals surface area contributed by atoms with Crippen LogP contribution in [0.3, 0.4) is 0 Å². The number of rotatable bonds is 4. The number of aliphatic hydroxyl groups excluding tert-OH is 1. The van der Waals surface area contributed by atoms with E-state index < -0.39 is 0 Å². The molecule has 4 nitrogen and oxygen atoms in total. The highest BCUT2D eigenvalue weighted by Crippen LogP contribution is 2.45. The molecule has 2 N–H and O–H groups in total. The highest BCUT2D eigenvalue weighted by atomic mass is 16.3. The number of para-hydroxylation sites is 1. The lowest BCUT2D eigenvalue weighted by Crippen LogP contribution is -2.48. The average Bonchev–Trinajstić information content (AvgIpc) is 3.37. The minimum atomic E-state index is -0.328. The van der Waals surface area contributed by atoms with E-state index in [4.69, 9.17) is 0 Å².